The SMILES string of the molecule is CC(C)(C)c1ccc(Oc2ccc(N3C[C@H](C(=O)OCC(=O)Nc4cc(Cl)ccc4Cl)CC3=O)cc2)cc1. The molecule has 198 valence electrons. The molecule has 1 N–H and O–H groups in total. The minimum absolute atomic E-state index is 0.00104. The number of ether oxygens (including phenoxy) is 2. The maximum absolute atomic E-state index is 12.6. The van der Waals surface area contributed by atoms with Crippen molar-refractivity contribution in [1.29, 1.82) is 0 Å². The third kappa shape index (κ3) is 6.85. The van der Waals surface area contributed by atoms with Gasteiger partial charge in [-0.2, -0.15) is 0 Å². The summed E-state index contributed by atoms with van der Waals surface area (Å²) in [5.41, 5.74) is 2.24. The molecule has 0 bridgehead atoms. The summed E-state index contributed by atoms with van der Waals surface area (Å²) in [6, 6.07) is 19.7. The smallest absolute Gasteiger partial charge is 0.311 e. The van der Waals surface area contributed by atoms with Crippen LogP contribution in [0.15, 0.2) is 66.7 Å². The first-order valence-electron chi connectivity index (χ1n) is 12.1. The average molecular weight is 555 g/mol. The molecule has 0 aromatic heterocycles. The second-order valence-corrected chi connectivity index (χ2v) is 10.9. The highest BCUT2D eigenvalue weighted by molar-refractivity contribution is 6.35. The summed E-state index contributed by atoms with van der Waals surface area (Å²) >= 11 is 12.0. The number of rotatable bonds is 7. The van der Waals surface area contributed by atoms with Crippen molar-refractivity contribution in [2.45, 2.75) is 32.6 Å². The van der Waals surface area contributed by atoms with Crippen LogP contribution in [0.4, 0.5) is 11.4 Å². The molecule has 1 aliphatic rings. The molecule has 1 aliphatic heterocycles. The van der Waals surface area contributed by atoms with Gasteiger partial charge < -0.3 is 19.7 Å². The van der Waals surface area contributed by atoms with Gasteiger partial charge in [0.1, 0.15) is 11.5 Å². The second-order valence-electron chi connectivity index (χ2n) is 10.1. The second kappa shape index (κ2) is 11.5. The van der Waals surface area contributed by atoms with Crippen LogP contribution in [0.25, 0.3) is 0 Å². The van der Waals surface area contributed by atoms with E-state index in [0.717, 1.165) is 0 Å². The summed E-state index contributed by atoms with van der Waals surface area (Å²) in [4.78, 5) is 38.9. The fourth-order valence-electron chi connectivity index (χ4n) is 4.00. The molecule has 2 amide bonds. The zero-order valence-corrected chi connectivity index (χ0v) is 22.8. The van der Waals surface area contributed by atoms with Crippen molar-refractivity contribution in [1.82, 2.24) is 0 Å². The Kier molecular flexibility index (Phi) is 8.29. The molecule has 4 rings (SSSR count). The number of hydrogen-bond acceptors (Lipinski definition) is 5. The monoisotopic (exact) mass is 554 g/mol. The minimum Gasteiger partial charge on any atom is -0.457 e. The van der Waals surface area contributed by atoms with Gasteiger partial charge in [0.25, 0.3) is 5.91 Å². The van der Waals surface area contributed by atoms with Crippen LogP contribution in [-0.4, -0.2) is 30.9 Å². The molecule has 7 nitrogen and oxygen atoms in total. The summed E-state index contributed by atoms with van der Waals surface area (Å²) in [5, 5.41) is 3.26. The van der Waals surface area contributed by atoms with Gasteiger partial charge in [0.2, 0.25) is 5.91 Å². The maximum Gasteiger partial charge on any atom is 0.311 e. The van der Waals surface area contributed by atoms with Gasteiger partial charge in [-0.1, -0.05) is 56.1 Å². The number of nitrogens with one attached hydrogen (secondary N) is 1. The predicted molar refractivity (Wildman–Crippen MR) is 148 cm³/mol. The summed E-state index contributed by atoms with van der Waals surface area (Å²) in [6.45, 7) is 6.12. The third-order valence-electron chi connectivity index (χ3n) is 6.11. The number of amides is 2. The van der Waals surface area contributed by atoms with Gasteiger partial charge >= 0.3 is 5.97 Å². The molecule has 0 radical (unpaired) electrons. The standard InChI is InChI=1S/C29H28Cl2N2O5/c1-29(2,3)19-4-9-22(10-5-19)38-23-11-7-21(8-12-23)33-16-18(14-27(33)35)28(36)37-17-26(34)32-25-15-20(30)6-13-24(25)31/h4-13,15,18H,14,16-17H2,1-3H3,(H,32,34)/t18-/m1/s1. The van der Waals surface area contributed by atoms with Crippen LogP contribution >= 0.6 is 23.2 Å². The highest BCUT2D eigenvalue weighted by Crippen LogP contribution is 2.31. The minimum atomic E-state index is -0.678. The number of carbonyl (C=O) groups is 3. The van der Waals surface area contributed by atoms with E-state index in [1.807, 2.05) is 24.3 Å². The Morgan fingerprint density at radius 1 is 0.974 bits per heavy atom. The summed E-state index contributed by atoms with van der Waals surface area (Å²) in [6.07, 6.45) is -0.00104. The average Bonchev–Trinajstić information content (AvgIpc) is 3.26. The molecule has 0 saturated carbocycles. The van der Waals surface area contributed by atoms with Gasteiger partial charge in [0, 0.05) is 23.7 Å². The quantitative estimate of drug-likeness (QED) is 0.332. The lowest BCUT2D eigenvalue weighted by Crippen LogP contribution is -2.28. The van der Waals surface area contributed by atoms with Crippen LogP contribution in [0.5, 0.6) is 11.5 Å². The molecule has 38 heavy (non-hydrogen) atoms. The molecule has 1 atom stereocenters. The Bertz CT molecular complexity index is 1330. The Labute approximate surface area is 231 Å². The Hall–Kier alpha value is -3.55. The van der Waals surface area contributed by atoms with E-state index in [1.165, 1.54) is 16.5 Å². The van der Waals surface area contributed by atoms with Crippen LogP contribution in [0.1, 0.15) is 32.8 Å². The van der Waals surface area contributed by atoms with E-state index in [9.17, 15) is 14.4 Å². The first-order valence-corrected chi connectivity index (χ1v) is 12.9. The molecule has 3 aromatic rings. The number of anilines is 2. The van der Waals surface area contributed by atoms with E-state index in [2.05, 4.69) is 26.1 Å². The molecular weight excluding hydrogens is 527 g/mol. The number of esters is 1. The van der Waals surface area contributed by atoms with Crippen molar-refractivity contribution >= 4 is 52.4 Å². The van der Waals surface area contributed by atoms with E-state index in [0.29, 0.717) is 32.9 Å². The summed E-state index contributed by atoms with van der Waals surface area (Å²) in [7, 11) is 0. The van der Waals surface area contributed by atoms with Crippen LogP contribution < -0.4 is 15.0 Å². The van der Waals surface area contributed by atoms with Crippen LogP contribution in [0.3, 0.4) is 0 Å². The normalized spacial score (nSPS) is 15.3. The van der Waals surface area contributed by atoms with Gasteiger partial charge in [-0.05, 0) is 65.6 Å². The molecule has 1 saturated heterocycles. The third-order valence-corrected chi connectivity index (χ3v) is 6.68. The van der Waals surface area contributed by atoms with Gasteiger partial charge in [-0.3, -0.25) is 14.4 Å². The molecule has 0 spiro atoms. The molecule has 0 aliphatic carbocycles. The van der Waals surface area contributed by atoms with Crippen LogP contribution in [0.2, 0.25) is 10.0 Å². The number of carbonyl (C=O) groups excluding carboxylic acids is 3. The van der Waals surface area contributed by atoms with E-state index in [4.69, 9.17) is 32.7 Å². The Morgan fingerprint density at radius 2 is 1.61 bits per heavy atom. The molecule has 0 unspecified atom stereocenters. The summed E-state index contributed by atoms with van der Waals surface area (Å²) < 4.78 is 11.1. The first kappa shape index (κ1) is 27.5. The van der Waals surface area contributed by atoms with Crippen LogP contribution in [0, 0.1) is 5.92 Å². The van der Waals surface area contributed by atoms with Gasteiger partial charge in [-0.15, -0.1) is 0 Å². The summed E-state index contributed by atoms with van der Waals surface area (Å²) in [5.74, 6) is -0.715. The van der Waals surface area contributed by atoms with Crippen molar-refractivity contribution in [3.05, 3.63) is 82.3 Å². The van der Waals surface area contributed by atoms with Gasteiger partial charge in [-0.25, -0.2) is 0 Å². The first-order chi connectivity index (χ1) is 18.0. The lowest BCUT2D eigenvalue weighted by molar-refractivity contribution is -0.151. The lowest BCUT2D eigenvalue weighted by atomic mass is 9.87. The Morgan fingerprint density at radius 3 is 2.24 bits per heavy atom. The number of benzene rings is 3. The maximum atomic E-state index is 12.6. The van der Waals surface area contributed by atoms with Crippen molar-refractivity contribution in [3.63, 3.8) is 0 Å². The van der Waals surface area contributed by atoms with Crippen molar-refractivity contribution in [2.75, 3.05) is 23.4 Å². The predicted octanol–water partition coefficient (Wildman–Crippen LogP) is 6.62. The topological polar surface area (TPSA) is 84.9 Å². The number of hydrogen-bond donors (Lipinski definition) is 1. The molecule has 1 heterocycles. The van der Waals surface area contributed by atoms with Crippen molar-refractivity contribution < 1.29 is 23.9 Å². The lowest BCUT2D eigenvalue weighted by Gasteiger charge is -2.19. The van der Waals surface area contributed by atoms with E-state index in [-0.39, 0.29) is 24.3 Å². The largest absolute Gasteiger partial charge is 0.457 e. The zero-order chi connectivity index (χ0) is 27.4. The molecular formula is C29H28Cl2N2O5. The van der Waals surface area contributed by atoms with E-state index < -0.39 is 24.4 Å². The molecule has 1 fully saturated rings. The van der Waals surface area contributed by atoms with Gasteiger partial charge in [0.15, 0.2) is 6.61 Å². The highest BCUT2D eigenvalue weighted by atomic mass is 35.5. The zero-order valence-electron chi connectivity index (χ0n) is 21.3. The fraction of sp³-hybridized carbons (Fsp3) is 0.276. The van der Waals surface area contributed by atoms with Crippen molar-refractivity contribution in [2.24, 2.45) is 5.92 Å². The van der Waals surface area contributed by atoms with Gasteiger partial charge in [0.05, 0.1) is 16.6 Å². The van der Waals surface area contributed by atoms with Crippen LogP contribution in [-0.2, 0) is 24.5 Å². The van der Waals surface area contributed by atoms with E-state index in [1.54, 1.807) is 36.4 Å². The number of halogens is 2. The molecule has 9 heteroatoms. The number of nitrogens with zero attached hydrogens (tertiary/aromatic N) is 1. The Balaban J connectivity index is 1.30. The fourth-order valence-corrected chi connectivity index (χ4v) is 4.34. The van der Waals surface area contributed by atoms with E-state index >= 15 is 0 Å². The highest BCUT2D eigenvalue weighted by Gasteiger charge is 2.36. The van der Waals surface area contributed by atoms with Crippen molar-refractivity contribution in [3.8, 4) is 11.5 Å². The molecule has 3 aromatic carbocycles.